The first-order valence-electron chi connectivity index (χ1n) is 7.13. The van der Waals surface area contributed by atoms with E-state index in [2.05, 4.69) is 25.1 Å². The van der Waals surface area contributed by atoms with Gasteiger partial charge in [-0.2, -0.15) is 0 Å². The van der Waals surface area contributed by atoms with Crippen LogP contribution in [0.15, 0.2) is 18.2 Å². The smallest absolute Gasteiger partial charge is 0.122 e. The highest BCUT2D eigenvalue weighted by Crippen LogP contribution is 2.37. The monoisotopic (exact) mass is 247 g/mol. The molecule has 2 nitrogen and oxygen atoms in total. The van der Waals surface area contributed by atoms with E-state index in [-0.39, 0.29) is 6.04 Å². The van der Waals surface area contributed by atoms with Crippen molar-refractivity contribution in [1.29, 1.82) is 0 Å². The van der Waals surface area contributed by atoms with Gasteiger partial charge >= 0.3 is 0 Å². The first kappa shape index (κ1) is 13.4. The number of rotatable bonds is 4. The second-order valence-electron chi connectivity index (χ2n) is 5.59. The Morgan fingerprint density at radius 2 is 2.00 bits per heavy atom. The maximum absolute atomic E-state index is 5.89. The molecule has 0 aliphatic heterocycles. The number of hydrogen-bond acceptors (Lipinski definition) is 2. The Morgan fingerprint density at radius 1 is 1.28 bits per heavy atom. The van der Waals surface area contributed by atoms with Gasteiger partial charge in [-0.15, -0.1) is 0 Å². The molecule has 1 fully saturated rings. The van der Waals surface area contributed by atoms with Crippen LogP contribution < -0.4 is 10.5 Å². The molecule has 1 atom stereocenters. The zero-order valence-corrected chi connectivity index (χ0v) is 11.6. The van der Waals surface area contributed by atoms with Crippen molar-refractivity contribution in [3.8, 4) is 5.75 Å². The molecule has 18 heavy (non-hydrogen) atoms. The normalized spacial score (nSPS) is 18.6. The summed E-state index contributed by atoms with van der Waals surface area (Å²) in [4.78, 5) is 0. The Balaban J connectivity index is 2.23. The third-order valence-corrected chi connectivity index (χ3v) is 3.90. The lowest BCUT2D eigenvalue weighted by molar-refractivity contribution is 0.387. The summed E-state index contributed by atoms with van der Waals surface area (Å²) in [5.41, 5.74) is 8.63. The van der Waals surface area contributed by atoms with E-state index in [9.17, 15) is 0 Å². The Bertz CT molecular complexity index is 381. The highest BCUT2D eigenvalue weighted by atomic mass is 16.5. The van der Waals surface area contributed by atoms with Gasteiger partial charge in [-0.25, -0.2) is 0 Å². The van der Waals surface area contributed by atoms with Crippen molar-refractivity contribution in [3.63, 3.8) is 0 Å². The zero-order valence-electron chi connectivity index (χ0n) is 11.6. The van der Waals surface area contributed by atoms with Gasteiger partial charge in [0.15, 0.2) is 0 Å². The van der Waals surface area contributed by atoms with Crippen molar-refractivity contribution >= 4 is 0 Å². The first-order chi connectivity index (χ1) is 8.70. The summed E-state index contributed by atoms with van der Waals surface area (Å²) >= 11 is 0. The fourth-order valence-electron chi connectivity index (χ4n) is 3.02. The Morgan fingerprint density at radius 3 is 2.61 bits per heavy atom. The topological polar surface area (TPSA) is 35.2 Å². The van der Waals surface area contributed by atoms with E-state index in [1.54, 1.807) is 7.11 Å². The third kappa shape index (κ3) is 3.26. The van der Waals surface area contributed by atoms with Crippen LogP contribution in [0.2, 0.25) is 0 Å². The lowest BCUT2D eigenvalue weighted by Gasteiger charge is -2.24. The standard InChI is InChI=1S/C16H25NO/c1-12(17)10-13-8-9-16(18-2)15(11-13)14-6-4-3-5-7-14/h8-9,11-12,14H,3-7,10,17H2,1-2H3. The van der Waals surface area contributed by atoms with E-state index in [0.29, 0.717) is 5.92 Å². The average molecular weight is 247 g/mol. The summed E-state index contributed by atoms with van der Waals surface area (Å²) in [5, 5.41) is 0. The lowest BCUT2D eigenvalue weighted by Crippen LogP contribution is -2.18. The van der Waals surface area contributed by atoms with Crippen molar-refractivity contribution in [3.05, 3.63) is 29.3 Å². The zero-order chi connectivity index (χ0) is 13.0. The van der Waals surface area contributed by atoms with E-state index in [1.165, 1.54) is 43.2 Å². The molecule has 1 unspecified atom stereocenters. The summed E-state index contributed by atoms with van der Waals surface area (Å²) < 4.78 is 5.53. The van der Waals surface area contributed by atoms with Gasteiger partial charge in [-0.1, -0.05) is 31.4 Å². The molecule has 1 aromatic rings. The van der Waals surface area contributed by atoms with Gasteiger partial charge in [-0.3, -0.25) is 0 Å². The summed E-state index contributed by atoms with van der Waals surface area (Å²) in [7, 11) is 1.77. The Labute approximate surface area is 111 Å². The van der Waals surface area contributed by atoms with Gasteiger partial charge in [0.2, 0.25) is 0 Å². The predicted molar refractivity (Wildman–Crippen MR) is 76.2 cm³/mol. The molecule has 0 radical (unpaired) electrons. The van der Waals surface area contributed by atoms with Gasteiger partial charge < -0.3 is 10.5 Å². The molecule has 100 valence electrons. The molecule has 2 N–H and O–H groups in total. The van der Waals surface area contributed by atoms with E-state index in [1.807, 2.05) is 0 Å². The van der Waals surface area contributed by atoms with Crippen LogP contribution in [0, 0.1) is 0 Å². The van der Waals surface area contributed by atoms with Crippen molar-refractivity contribution < 1.29 is 4.74 Å². The van der Waals surface area contributed by atoms with Crippen molar-refractivity contribution in [2.45, 2.75) is 57.4 Å². The molecular formula is C16H25NO. The SMILES string of the molecule is COc1ccc(CC(C)N)cc1C1CCCCC1. The Hall–Kier alpha value is -1.02. The largest absolute Gasteiger partial charge is 0.496 e. The van der Waals surface area contributed by atoms with Crippen molar-refractivity contribution in [1.82, 2.24) is 0 Å². The minimum Gasteiger partial charge on any atom is -0.496 e. The number of ether oxygens (including phenoxy) is 1. The summed E-state index contributed by atoms with van der Waals surface area (Å²) in [6, 6.07) is 6.80. The molecule has 1 saturated carbocycles. The van der Waals surface area contributed by atoms with Crippen molar-refractivity contribution in [2.24, 2.45) is 5.73 Å². The minimum absolute atomic E-state index is 0.220. The molecule has 0 aromatic heterocycles. The number of hydrogen-bond donors (Lipinski definition) is 1. The second kappa shape index (κ2) is 6.24. The van der Waals surface area contributed by atoms with Crippen LogP contribution in [-0.4, -0.2) is 13.2 Å². The summed E-state index contributed by atoms with van der Waals surface area (Å²) in [6.45, 7) is 2.06. The molecule has 0 amide bonds. The molecule has 0 heterocycles. The molecule has 2 heteroatoms. The third-order valence-electron chi connectivity index (χ3n) is 3.90. The van der Waals surface area contributed by atoms with E-state index in [4.69, 9.17) is 10.5 Å². The first-order valence-corrected chi connectivity index (χ1v) is 7.13. The maximum atomic E-state index is 5.89. The summed E-state index contributed by atoms with van der Waals surface area (Å²) in [5.74, 6) is 1.73. The van der Waals surface area contributed by atoms with E-state index in [0.717, 1.165) is 12.2 Å². The molecule has 1 aliphatic carbocycles. The van der Waals surface area contributed by atoms with Crippen LogP contribution in [0.5, 0.6) is 5.75 Å². The van der Waals surface area contributed by atoms with Crippen molar-refractivity contribution in [2.75, 3.05) is 7.11 Å². The van der Waals surface area contributed by atoms with Crippen LogP contribution in [0.3, 0.4) is 0 Å². The van der Waals surface area contributed by atoms with Gasteiger partial charge in [-0.05, 0) is 49.3 Å². The predicted octanol–water partition coefficient (Wildman–Crippen LogP) is 3.63. The Kier molecular flexibility index (Phi) is 4.65. The average Bonchev–Trinajstić information content (AvgIpc) is 2.39. The second-order valence-corrected chi connectivity index (χ2v) is 5.59. The molecule has 0 spiro atoms. The quantitative estimate of drug-likeness (QED) is 0.881. The van der Waals surface area contributed by atoms with Crippen LogP contribution in [0.25, 0.3) is 0 Å². The fourth-order valence-corrected chi connectivity index (χ4v) is 3.02. The van der Waals surface area contributed by atoms with Gasteiger partial charge in [0.1, 0.15) is 5.75 Å². The lowest BCUT2D eigenvalue weighted by atomic mass is 9.83. The maximum Gasteiger partial charge on any atom is 0.122 e. The summed E-state index contributed by atoms with van der Waals surface area (Å²) in [6.07, 6.45) is 7.65. The minimum atomic E-state index is 0.220. The van der Waals surface area contributed by atoms with Gasteiger partial charge in [0.25, 0.3) is 0 Å². The highest BCUT2D eigenvalue weighted by molar-refractivity contribution is 5.40. The molecule has 2 rings (SSSR count). The molecular weight excluding hydrogens is 222 g/mol. The van der Waals surface area contributed by atoms with E-state index < -0.39 is 0 Å². The molecule has 1 aliphatic rings. The highest BCUT2D eigenvalue weighted by Gasteiger charge is 2.19. The van der Waals surface area contributed by atoms with Gasteiger partial charge in [0.05, 0.1) is 7.11 Å². The molecule has 0 bridgehead atoms. The van der Waals surface area contributed by atoms with Gasteiger partial charge in [0, 0.05) is 6.04 Å². The fraction of sp³-hybridized carbons (Fsp3) is 0.625. The van der Waals surface area contributed by atoms with E-state index >= 15 is 0 Å². The molecule has 1 aromatic carbocycles. The van der Waals surface area contributed by atoms with Crippen LogP contribution >= 0.6 is 0 Å². The number of benzene rings is 1. The van der Waals surface area contributed by atoms with Crippen LogP contribution in [0.4, 0.5) is 0 Å². The van der Waals surface area contributed by atoms with Crippen LogP contribution in [0.1, 0.15) is 56.1 Å². The van der Waals surface area contributed by atoms with Crippen LogP contribution in [-0.2, 0) is 6.42 Å². The molecule has 0 saturated heterocycles. The number of methoxy groups -OCH3 is 1. The number of nitrogens with two attached hydrogens (primary N) is 1.